The van der Waals surface area contributed by atoms with Crippen molar-refractivity contribution in [1.82, 2.24) is 5.32 Å². The van der Waals surface area contributed by atoms with E-state index in [1.54, 1.807) is 18.2 Å². The molecule has 0 aromatic heterocycles. The molecule has 1 amide bonds. The van der Waals surface area contributed by atoms with Crippen molar-refractivity contribution in [3.63, 3.8) is 0 Å². The third-order valence-corrected chi connectivity index (χ3v) is 4.01. The van der Waals surface area contributed by atoms with Crippen molar-refractivity contribution in [2.24, 2.45) is 0 Å². The van der Waals surface area contributed by atoms with Crippen molar-refractivity contribution >= 4 is 46.4 Å². The molecule has 0 aliphatic heterocycles. The molecule has 0 spiro atoms. The molecule has 122 valence electrons. The predicted molar refractivity (Wildman–Crippen MR) is 97.7 cm³/mol. The van der Waals surface area contributed by atoms with E-state index in [4.69, 9.17) is 34.8 Å². The summed E-state index contributed by atoms with van der Waals surface area (Å²) >= 11 is 17.8. The van der Waals surface area contributed by atoms with Crippen LogP contribution < -0.4 is 10.6 Å². The van der Waals surface area contributed by atoms with Gasteiger partial charge in [0.25, 0.3) is 0 Å². The first kappa shape index (κ1) is 17.9. The van der Waals surface area contributed by atoms with E-state index in [9.17, 15) is 4.79 Å². The molecule has 2 aromatic carbocycles. The quantitative estimate of drug-likeness (QED) is 0.733. The van der Waals surface area contributed by atoms with Crippen LogP contribution in [0.4, 0.5) is 5.69 Å². The fourth-order valence-corrected chi connectivity index (χ4v) is 2.76. The van der Waals surface area contributed by atoms with E-state index in [0.29, 0.717) is 34.6 Å². The van der Waals surface area contributed by atoms with Crippen LogP contribution in [-0.4, -0.2) is 19.0 Å². The maximum absolute atomic E-state index is 11.8. The molecule has 0 fully saturated rings. The number of hydrogen-bond donors (Lipinski definition) is 2. The average molecular weight is 372 g/mol. The number of amides is 1. The Bertz CT molecular complexity index is 677. The number of carbonyl (C=O) groups excluding carboxylic acids is 1. The van der Waals surface area contributed by atoms with Gasteiger partial charge in [-0.2, -0.15) is 0 Å². The van der Waals surface area contributed by atoms with Crippen molar-refractivity contribution in [2.75, 3.05) is 18.4 Å². The summed E-state index contributed by atoms with van der Waals surface area (Å²) in [5.41, 5.74) is 1.87. The number of rotatable bonds is 7. The number of nitrogens with one attached hydrogen (secondary N) is 2. The molecule has 3 nitrogen and oxygen atoms in total. The minimum absolute atomic E-state index is 0.00962. The molecule has 2 aromatic rings. The standard InChI is InChI=1S/C17H17Cl3N2O/c18-13-3-1-2-12(10-13)6-8-22-17(23)7-9-21-16-5-4-14(19)11-15(16)20/h1-5,10-11,21H,6-9H2,(H,22,23). The molecule has 6 heteroatoms. The topological polar surface area (TPSA) is 41.1 Å². The summed E-state index contributed by atoms with van der Waals surface area (Å²) in [4.78, 5) is 11.8. The van der Waals surface area contributed by atoms with E-state index in [1.807, 2.05) is 24.3 Å². The molecule has 2 N–H and O–H groups in total. The van der Waals surface area contributed by atoms with Gasteiger partial charge in [0.05, 0.1) is 10.7 Å². The molecule has 0 radical (unpaired) electrons. The third-order valence-electron chi connectivity index (χ3n) is 3.22. The number of benzene rings is 2. The van der Waals surface area contributed by atoms with Gasteiger partial charge in [-0.15, -0.1) is 0 Å². The van der Waals surface area contributed by atoms with Crippen molar-refractivity contribution in [2.45, 2.75) is 12.8 Å². The highest BCUT2D eigenvalue weighted by Gasteiger charge is 2.04. The lowest BCUT2D eigenvalue weighted by atomic mass is 10.1. The Kier molecular flexibility index (Phi) is 7.03. The SMILES string of the molecule is O=C(CCNc1ccc(Cl)cc1Cl)NCCc1cccc(Cl)c1. The fourth-order valence-electron chi connectivity index (χ4n) is 2.07. The largest absolute Gasteiger partial charge is 0.383 e. The Balaban J connectivity index is 1.67. The van der Waals surface area contributed by atoms with Gasteiger partial charge in [-0.3, -0.25) is 4.79 Å². The first-order chi connectivity index (χ1) is 11.0. The van der Waals surface area contributed by atoms with E-state index in [0.717, 1.165) is 17.7 Å². The minimum Gasteiger partial charge on any atom is -0.383 e. The Morgan fingerprint density at radius 2 is 1.74 bits per heavy atom. The van der Waals surface area contributed by atoms with Crippen LogP contribution in [0, 0.1) is 0 Å². The van der Waals surface area contributed by atoms with Crippen molar-refractivity contribution in [1.29, 1.82) is 0 Å². The molecule has 0 aliphatic rings. The lowest BCUT2D eigenvalue weighted by Gasteiger charge is -2.09. The number of anilines is 1. The van der Waals surface area contributed by atoms with Crippen LogP contribution in [0.2, 0.25) is 15.1 Å². The van der Waals surface area contributed by atoms with Gasteiger partial charge in [0.1, 0.15) is 0 Å². The molecular formula is C17H17Cl3N2O. The van der Waals surface area contributed by atoms with Gasteiger partial charge < -0.3 is 10.6 Å². The van der Waals surface area contributed by atoms with Gasteiger partial charge in [0.2, 0.25) is 5.91 Å². The van der Waals surface area contributed by atoms with Gasteiger partial charge in [-0.05, 0) is 42.3 Å². The molecule has 0 unspecified atom stereocenters. The number of carbonyl (C=O) groups is 1. The maximum Gasteiger partial charge on any atom is 0.221 e. The van der Waals surface area contributed by atoms with Crippen LogP contribution in [0.25, 0.3) is 0 Å². The Morgan fingerprint density at radius 3 is 2.48 bits per heavy atom. The summed E-state index contributed by atoms with van der Waals surface area (Å²) in [6.07, 6.45) is 1.12. The van der Waals surface area contributed by atoms with Gasteiger partial charge in [0.15, 0.2) is 0 Å². The second-order valence-corrected chi connectivity index (χ2v) is 6.31. The Labute approximate surface area is 150 Å². The second-order valence-electron chi connectivity index (χ2n) is 5.03. The molecule has 0 heterocycles. The Morgan fingerprint density at radius 1 is 0.957 bits per heavy atom. The van der Waals surface area contributed by atoms with Crippen molar-refractivity contribution in [3.8, 4) is 0 Å². The summed E-state index contributed by atoms with van der Waals surface area (Å²) in [6, 6.07) is 12.8. The van der Waals surface area contributed by atoms with Crippen LogP contribution >= 0.6 is 34.8 Å². The molecule has 23 heavy (non-hydrogen) atoms. The maximum atomic E-state index is 11.8. The molecule has 0 saturated carbocycles. The van der Waals surface area contributed by atoms with Crippen LogP contribution in [0.15, 0.2) is 42.5 Å². The lowest BCUT2D eigenvalue weighted by Crippen LogP contribution is -2.27. The fraction of sp³-hybridized carbons (Fsp3) is 0.235. The smallest absolute Gasteiger partial charge is 0.221 e. The van der Waals surface area contributed by atoms with E-state index in [1.165, 1.54) is 0 Å². The zero-order chi connectivity index (χ0) is 16.7. The van der Waals surface area contributed by atoms with Crippen molar-refractivity contribution in [3.05, 3.63) is 63.1 Å². The van der Waals surface area contributed by atoms with Gasteiger partial charge >= 0.3 is 0 Å². The van der Waals surface area contributed by atoms with Gasteiger partial charge in [-0.25, -0.2) is 0 Å². The van der Waals surface area contributed by atoms with Gasteiger partial charge in [-0.1, -0.05) is 46.9 Å². The van der Waals surface area contributed by atoms with E-state index in [2.05, 4.69) is 10.6 Å². The number of halogens is 3. The lowest BCUT2D eigenvalue weighted by molar-refractivity contribution is -0.120. The zero-order valence-corrected chi connectivity index (χ0v) is 14.7. The summed E-state index contributed by atoms with van der Waals surface area (Å²) in [5.74, 6) is -0.00962. The molecule has 0 bridgehead atoms. The van der Waals surface area contributed by atoms with Crippen molar-refractivity contribution < 1.29 is 4.79 Å². The molecule has 2 rings (SSSR count). The highest BCUT2D eigenvalue weighted by atomic mass is 35.5. The highest BCUT2D eigenvalue weighted by molar-refractivity contribution is 6.36. The molecule has 0 aliphatic carbocycles. The molecular weight excluding hydrogens is 355 g/mol. The average Bonchev–Trinajstić information content (AvgIpc) is 2.49. The predicted octanol–water partition coefficient (Wildman–Crippen LogP) is 4.81. The van der Waals surface area contributed by atoms with Crippen LogP contribution in [0.5, 0.6) is 0 Å². The van der Waals surface area contributed by atoms with E-state index < -0.39 is 0 Å². The zero-order valence-electron chi connectivity index (χ0n) is 12.4. The van der Waals surface area contributed by atoms with E-state index in [-0.39, 0.29) is 5.91 Å². The second kappa shape index (κ2) is 9.02. The first-order valence-corrected chi connectivity index (χ1v) is 8.38. The van der Waals surface area contributed by atoms with Gasteiger partial charge in [0, 0.05) is 29.6 Å². The minimum atomic E-state index is -0.00962. The number of hydrogen-bond acceptors (Lipinski definition) is 2. The third kappa shape index (κ3) is 6.30. The summed E-state index contributed by atoms with van der Waals surface area (Å²) in [7, 11) is 0. The van der Waals surface area contributed by atoms with Crippen LogP contribution in [0.3, 0.4) is 0 Å². The van der Waals surface area contributed by atoms with E-state index >= 15 is 0 Å². The molecule has 0 atom stereocenters. The van der Waals surface area contributed by atoms with Crippen LogP contribution in [-0.2, 0) is 11.2 Å². The molecule has 0 saturated heterocycles. The monoisotopic (exact) mass is 370 g/mol. The first-order valence-electron chi connectivity index (χ1n) is 7.24. The van der Waals surface area contributed by atoms with Crippen LogP contribution in [0.1, 0.15) is 12.0 Å². The summed E-state index contributed by atoms with van der Waals surface area (Å²) in [6.45, 7) is 1.09. The highest BCUT2D eigenvalue weighted by Crippen LogP contribution is 2.25. The Hall–Kier alpha value is -1.42. The summed E-state index contributed by atoms with van der Waals surface area (Å²) < 4.78 is 0. The summed E-state index contributed by atoms with van der Waals surface area (Å²) in [5, 5.41) is 7.83. The normalized spacial score (nSPS) is 10.4.